The SMILES string of the molecule is COc1cc(Br)cc(CNCc2ccc(C)cc2)c1OCc1ccccc1. The molecule has 0 spiro atoms. The van der Waals surface area contributed by atoms with Gasteiger partial charge in [-0.05, 0) is 30.2 Å². The smallest absolute Gasteiger partial charge is 0.166 e. The molecule has 4 heteroatoms. The maximum atomic E-state index is 6.13. The van der Waals surface area contributed by atoms with E-state index in [9.17, 15) is 0 Å². The van der Waals surface area contributed by atoms with Gasteiger partial charge in [-0.25, -0.2) is 0 Å². The van der Waals surface area contributed by atoms with E-state index in [0.29, 0.717) is 13.2 Å². The van der Waals surface area contributed by atoms with Gasteiger partial charge in [-0.3, -0.25) is 0 Å². The Morgan fingerprint density at radius 2 is 1.63 bits per heavy atom. The van der Waals surface area contributed by atoms with Crippen molar-refractivity contribution in [2.24, 2.45) is 0 Å². The van der Waals surface area contributed by atoms with Crippen molar-refractivity contribution in [3.63, 3.8) is 0 Å². The molecule has 3 nitrogen and oxygen atoms in total. The molecule has 0 aliphatic rings. The average Bonchev–Trinajstić information content (AvgIpc) is 2.69. The fourth-order valence-electron chi connectivity index (χ4n) is 2.85. The first kappa shape index (κ1) is 19.5. The predicted molar refractivity (Wildman–Crippen MR) is 113 cm³/mol. The van der Waals surface area contributed by atoms with Crippen LogP contribution in [0.1, 0.15) is 22.3 Å². The highest BCUT2D eigenvalue weighted by Gasteiger charge is 2.13. The number of aryl methyl sites for hydroxylation is 1. The topological polar surface area (TPSA) is 30.5 Å². The number of nitrogens with one attached hydrogen (secondary N) is 1. The number of ether oxygens (including phenoxy) is 2. The Morgan fingerprint density at radius 3 is 2.33 bits per heavy atom. The molecule has 0 heterocycles. The van der Waals surface area contributed by atoms with E-state index in [2.05, 4.69) is 70.6 Å². The molecule has 0 radical (unpaired) electrons. The maximum Gasteiger partial charge on any atom is 0.166 e. The summed E-state index contributed by atoms with van der Waals surface area (Å²) in [6.45, 7) is 4.09. The van der Waals surface area contributed by atoms with Crippen molar-refractivity contribution in [1.29, 1.82) is 0 Å². The third kappa shape index (κ3) is 5.59. The molecule has 0 amide bonds. The zero-order chi connectivity index (χ0) is 19.1. The van der Waals surface area contributed by atoms with Crippen molar-refractivity contribution in [1.82, 2.24) is 5.32 Å². The number of halogens is 1. The molecule has 140 valence electrons. The van der Waals surface area contributed by atoms with Gasteiger partial charge >= 0.3 is 0 Å². The van der Waals surface area contributed by atoms with Gasteiger partial charge in [-0.2, -0.15) is 0 Å². The van der Waals surface area contributed by atoms with Gasteiger partial charge in [0.2, 0.25) is 0 Å². The first-order valence-corrected chi connectivity index (χ1v) is 9.74. The van der Waals surface area contributed by atoms with Crippen LogP contribution in [0.15, 0.2) is 71.2 Å². The monoisotopic (exact) mass is 425 g/mol. The number of methoxy groups -OCH3 is 1. The van der Waals surface area contributed by atoms with Crippen molar-refractivity contribution < 1.29 is 9.47 Å². The molecule has 0 atom stereocenters. The van der Waals surface area contributed by atoms with Crippen molar-refractivity contribution in [2.75, 3.05) is 7.11 Å². The summed E-state index contributed by atoms with van der Waals surface area (Å²) < 4.78 is 12.7. The molecular formula is C23H24BrNO2. The van der Waals surface area contributed by atoms with Gasteiger partial charge in [0.05, 0.1) is 7.11 Å². The number of benzene rings is 3. The minimum absolute atomic E-state index is 0.504. The second-order valence-corrected chi connectivity index (χ2v) is 7.38. The van der Waals surface area contributed by atoms with Crippen LogP contribution in [0.2, 0.25) is 0 Å². The average molecular weight is 426 g/mol. The highest BCUT2D eigenvalue weighted by Crippen LogP contribution is 2.35. The van der Waals surface area contributed by atoms with Gasteiger partial charge in [-0.15, -0.1) is 0 Å². The van der Waals surface area contributed by atoms with Gasteiger partial charge < -0.3 is 14.8 Å². The van der Waals surface area contributed by atoms with E-state index < -0.39 is 0 Å². The molecule has 1 N–H and O–H groups in total. The van der Waals surface area contributed by atoms with E-state index in [-0.39, 0.29) is 0 Å². The van der Waals surface area contributed by atoms with Crippen LogP contribution < -0.4 is 14.8 Å². The highest BCUT2D eigenvalue weighted by atomic mass is 79.9. The number of rotatable bonds is 8. The maximum absolute atomic E-state index is 6.13. The Bertz CT molecular complexity index is 864. The molecule has 0 aliphatic carbocycles. The van der Waals surface area contributed by atoms with E-state index in [4.69, 9.17) is 9.47 Å². The summed E-state index contributed by atoms with van der Waals surface area (Å²) >= 11 is 3.57. The Morgan fingerprint density at radius 1 is 0.889 bits per heavy atom. The van der Waals surface area contributed by atoms with E-state index in [1.54, 1.807) is 7.11 Å². The quantitative estimate of drug-likeness (QED) is 0.506. The fraction of sp³-hybridized carbons (Fsp3) is 0.217. The predicted octanol–water partition coefficient (Wildman–Crippen LogP) is 5.63. The summed E-state index contributed by atoms with van der Waals surface area (Å²) in [5, 5.41) is 3.50. The Kier molecular flexibility index (Phi) is 6.91. The largest absolute Gasteiger partial charge is 0.493 e. The summed E-state index contributed by atoms with van der Waals surface area (Å²) in [6.07, 6.45) is 0. The first-order chi connectivity index (χ1) is 13.2. The number of hydrogen-bond acceptors (Lipinski definition) is 3. The second kappa shape index (κ2) is 9.58. The Balaban J connectivity index is 1.72. The van der Waals surface area contributed by atoms with Crippen molar-refractivity contribution in [3.8, 4) is 11.5 Å². The summed E-state index contributed by atoms with van der Waals surface area (Å²) in [7, 11) is 1.67. The lowest BCUT2D eigenvalue weighted by Crippen LogP contribution is -2.14. The van der Waals surface area contributed by atoms with E-state index in [1.807, 2.05) is 24.3 Å². The summed E-state index contributed by atoms with van der Waals surface area (Å²) in [4.78, 5) is 0. The van der Waals surface area contributed by atoms with E-state index in [1.165, 1.54) is 11.1 Å². The van der Waals surface area contributed by atoms with Crippen LogP contribution in [-0.4, -0.2) is 7.11 Å². The second-order valence-electron chi connectivity index (χ2n) is 6.46. The van der Waals surface area contributed by atoms with Gasteiger partial charge in [0.15, 0.2) is 11.5 Å². The zero-order valence-electron chi connectivity index (χ0n) is 15.7. The molecule has 3 aromatic carbocycles. The Hall–Kier alpha value is -2.30. The van der Waals surface area contributed by atoms with E-state index >= 15 is 0 Å². The van der Waals surface area contributed by atoms with Crippen molar-refractivity contribution in [2.45, 2.75) is 26.6 Å². The molecule has 0 saturated heterocycles. The minimum atomic E-state index is 0.504. The van der Waals surface area contributed by atoms with Crippen LogP contribution in [-0.2, 0) is 19.7 Å². The summed E-state index contributed by atoms with van der Waals surface area (Å²) in [5.74, 6) is 1.51. The molecule has 0 fully saturated rings. The third-order valence-corrected chi connectivity index (χ3v) is 4.77. The Labute approximate surface area is 169 Å². The van der Waals surface area contributed by atoms with Crippen molar-refractivity contribution in [3.05, 3.63) is 93.5 Å². The van der Waals surface area contributed by atoms with Crippen LogP contribution in [0.4, 0.5) is 0 Å². The van der Waals surface area contributed by atoms with Crippen molar-refractivity contribution >= 4 is 15.9 Å². The van der Waals surface area contributed by atoms with Gasteiger partial charge in [0.1, 0.15) is 6.61 Å². The molecule has 0 saturated carbocycles. The van der Waals surface area contributed by atoms with Gasteiger partial charge in [0.25, 0.3) is 0 Å². The summed E-state index contributed by atoms with van der Waals surface area (Å²) in [6, 6.07) is 22.7. The molecular weight excluding hydrogens is 402 g/mol. The standard InChI is InChI=1S/C23H24BrNO2/c1-17-8-10-18(11-9-17)14-25-15-20-12-21(24)13-22(26-2)23(20)27-16-19-6-4-3-5-7-19/h3-13,25H,14-16H2,1-2H3. The summed E-state index contributed by atoms with van der Waals surface area (Å²) in [5.41, 5.74) is 4.71. The zero-order valence-corrected chi connectivity index (χ0v) is 17.3. The molecule has 27 heavy (non-hydrogen) atoms. The molecule has 0 aliphatic heterocycles. The normalized spacial score (nSPS) is 10.6. The van der Waals surface area contributed by atoms with Crippen LogP contribution in [0.25, 0.3) is 0 Å². The number of hydrogen-bond donors (Lipinski definition) is 1. The van der Waals surface area contributed by atoms with Crippen LogP contribution >= 0.6 is 15.9 Å². The lowest BCUT2D eigenvalue weighted by atomic mass is 10.1. The lowest BCUT2D eigenvalue weighted by Gasteiger charge is -2.16. The first-order valence-electron chi connectivity index (χ1n) is 8.95. The molecule has 0 bridgehead atoms. The minimum Gasteiger partial charge on any atom is -0.493 e. The molecule has 0 unspecified atom stereocenters. The molecule has 3 aromatic rings. The van der Waals surface area contributed by atoms with E-state index in [0.717, 1.165) is 33.6 Å². The lowest BCUT2D eigenvalue weighted by molar-refractivity contribution is 0.280. The fourth-order valence-corrected chi connectivity index (χ4v) is 3.33. The van der Waals surface area contributed by atoms with Crippen LogP contribution in [0.5, 0.6) is 11.5 Å². The van der Waals surface area contributed by atoms with Gasteiger partial charge in [0, 0.05) is 23.1 Å². The van der Waals surface area contributed by atoms with Gasteiger partial charge in [-0.1, -0.05) is 76.1 Å². The van der Waals surface area contributed by atoms with Crippen LogP contribution in [0.3, 0.4) is 0 Å². The highest BCUT2D eigenvalue weighted by molar-refractivity contribution is 9.10. The van der Waals surface area contributed by atoms with Crippen LogP contribution in [0, 0.1) is 6.92 Å². The molecule has 0 aromatic heterocycles. The molecule has 3 rings (SSSR count). The third-order valence-electron chi connectivity index (χ3n) is 4.31.